The van der Waals surface area contributed by atoms with Crippen molar-refractivity contribution >= 4 is 0 Å². The highest BCUT2D eigenvalue weighted by Crippen LogP contribution is 2.45. The van der Waals surface area contributed by atoms with E-state index in [2.05, 4.69) is 113 Å². The van der Waals surface area contributed by atoms with Gasteiger partial charge in [0.1, 0.15) is 0 Å². The van der Waals surface area contributed by atoms with Crippen LogP contribution >= 0.6 is 0 Å². The molecule has 248 valence electrons. The van der Waals surface area contributed by atoms with Gasteiger partial charge in [0, 0.05) is 24.5 Å². The lowest BCUT2D eigenvalue weighted by Gasteiger charge is -2.53. The van der Waals surface area contributed by atoms with E-state index in [9.17, 15) is 0 Å². The highest BCUT2D eigenvalue weighted by atomic mass is 16.6. The quantitative estimate of drug-likeness (QED) is 0.130. The van der Waals surface area contributed by atoms with E-state index in [1.165, 1.54) is 16.7 Å². The van der Waals surface area contributed by atoms with Crippen LogP contribution in [-0.2, 0) is 23.7 Å². The molecule has 2 fully saturated rings. The molecule has 2 N–H and O–H groups in total. The van der Waals surface area contributed by atoms with E-state index < -0.39 is 0 Å². The average Bonchev–Trinajstić information content (AvgIpc) is 3.10. The van der Waals surface area contributed by atoms with E-state index >= 15 is 0 Å². The Morgan fingerprint density at radius 3 is 1.78 bits per heavy atom. The first kappa shape index (κ1) is 34.4. The maximum absolute atomic E-state index is 6.38. The fourth-order valence-corrected chi connectivity index (χ4v) is 6.45. The predicted molar refractivity (Wildman–Crippen MR) is 181 cm³/mol. The fraction of sp³-hybridized carbons (Fsp3) is 0.474. The monoisotopic (exact) mass is 629 g/mol. The normalized spacial score (nSPS) is 24.6. The molecule has 3 aromatic carbocycles. The van der Waals surface area contributed by atoms with E-state index in [4.69, 9.17) is 23.7 Å². The summed E-state index contributed by atoms with van der Waals surface area (Å²) in [6.07, 6.45) is 3.91. The number of nitrogens with zero attached hydrogens (tertiary/aromatic N) is 1. The standard InChI is InChI=1S/C38H51N3O5/c1-2-20-42-21-22-43-23-24-44-25-26-45-27-28-46-31-38-19-18-35(32-12-6-3-7-13-32)41(30-38)37(34-16-10-5-11-17-34)40-36(39-29-38)33-14-8-4-9-15-33/h2-17,35-37,39-40H,1,18-31H2. The van der Waals surface area contributed by atoms with Gasteiger partial charge in [0.15, 0.2) is 0 Å². The Morgan fingerprint density at radius 1 is 0.674 bits per heavy atom. The van der Waals surface area contributed by atoms with Gasteiger partial charge >= 0.3 is 0 Å². The molecule has 8 heteroatoms. The van der Waals surface area contributed by atoms with E-state index in [-0.39, 0.29) is 17.7 Å². The first-order chi connectivity index (χ1) is 22.8. The number of benzene rings is 3. The molecule has 0 amide bonds. The van der Waals surface area contributed by atoms with Crippen LogP contribution in [0.4, 0.5) is 0 Å². The molecule has 0 spiro atoms. The van der Waals surface area contributed by atoms with Crippen molar-refractivity contribution in [3.05, 3.63) is 120 Å². The average molecular weight is 630 g/mol. The van der Waals surface area contributed by atoms with Gasteiger partial charge in [-0.25, -0.2) is 0 Å². The Balaban J connectivity index is 1.17. The minimum atomic E-state index is -0.0344. The van der Waals surface area contributed by atoms with Crippen LogP contribution in [0.5, 0.6) is 0 Å². The molecule has 2 aliphatic rings. The van der Waals surface area contributed by atoms with Gasteiger partial charge in [-0.05, 0) is 29.5 Å². The van der Waals surface area contributed by atoms with Crippen LogP contribution in [0.25, 0.3) is 0 Å². The number of nitrogens with one attached hydrogen (secondary N) is 2. The third-order valence-electron chi connectivity index (χ3n) is 8.77. The molecule has 5 rings (SSSR count). The van der Waals surface area contributed by atoms with Crippen molar-refractivity contribution in [2.24, 2.45) is 5.41 Å². The van der Waals surface area contributed by atoms with Crippen LogP contribution in [0.1, 0.15) is 47.9 Å². The van der Waals surface area contributed by atoms with E-state index in [1.54, 1.807) is 6.08 Å². The van der Waals surface area contributed by atoms with Gasteiger partial charge in [0.05, 0.1) is 78.4 Å². The molecule has 5 unspecified atom stereocenters. The summed E-state index contributed by atoms with van der Waals surface area (Å²) in [5.74, 6) is 0. The maximum Gasteiger partial charge on any atom is 0.0880 e. The molecule has 2 saturated heterocycles. The van der Waals surface area contributed by atoms with Gasteiger partial charge in [-0.15, -0.1) is 6.58 Å². The van der Waals surface area contributed by atoms with Gasteiger partial charge in [-0.1, -0.05) is 97.1 Å². The molecule has 0 radical (unpaired) electrons. The third kappa shape index (κ3) is 10.3. The SMILES string of the molecule is C=CCOCCOCCOCCOCCOCC12CCC(c3ccccc3)N(C1)C(c1ccccc1)NC(c1ccccc1)NC2. The van der Waals surface area contributed by atoms with Crippen LogP contribution in [0.15, 0.2) is 104 Å². The Kier molecular flexibility index (Phi) is 14.2. The van der Waals surface area contributed by atoms with Crippen molar-refractivity contribution in [2.75, 3.05) is 79.2 Å². The molecular weight excluding hydrogens is 578 g/mol. The molecule has 2 aliphatic heterocycles. The largest absolute Gasteiger partial charge is 0.378 e. The zero-order chi connectivity index (χ0) is 31.7. The topological polar surface area (TPSA) is 73.5 Å². The molecule has 46 heavy (non-hydrogen) atoms. The van der Waals surface area contributed by atoms with Gasteiger partial charge in [0.2, 0.25) is 0 Å². The molecule has 2 bridgehead atoms. The first-order valence-corrected chi connectivity index (χ1v) is 16.7. The molecular formula is C38H51N3O5. The predicted octanol–water partition coefficient (Wildman–Crippen LogP) is 5.67. The lowest BCUT2D eigenvalue weighted by molar-refractivity contribution is -0.0746. The second-order valence-corrected chi connectivity index (χ2v) is 12.1. The summed E-state index contributed by atoms with van der Waals surface area (Å²) < 4.78 is 28.6. The summed E-state index contributed by atoms with van der Waals surface area (Å²) in [6, 6.07) is 32.8. The van der Waals surface area contributed by atoms with Crippen LogP contribution in [0.2, 0.25) is 0 Å². The van der Waals surface area contributed by atoms with E-state index in [0.29, 0.717) is 72.1 Å². The van der Waals surface area contributed by atoms with Crippen LogP contribution in [0.3, 0.4) is 0 Å². The first-order valence-electron chi connectivity index (χ1n) is 16.7. The summed E-state index contributed by atoms with van der Waals surface area (Å²) in [5, 5.41) is 7.91. The van der Waals surface area contributed by atoms with Crippen LogP contribution < -0.4 is 10.6 Å². The van der Waals surface area contributed by atoms with Crippen LogP contribution in [0, 0.1) is 5.41 Å². The molecule has 2 heterocycles. The van der Waals surface area contributed by atoms with Crippen molar-refractivity contribution in [3.63, 3.8) is 0 Å². The summed E-state index contributed by atoms with van der Waals surface area (Å²) in [7, 11) is 0. The highest BCUT2D eigenvalue weighted by Gasteiger charge is 2.45. The Morgan fingerprint density at radius 2 is 1.20 bits per heavy atom. The number of hydrogen-bond donors (Lipinski definition) is 2. The Bertz CT molecular complexity index is 1250. The summed E-state index contributed by atoms with van der Waals surface area (Å²) in [4.78, 5) is 2.68. The van der Waals surface area contributed by atoms with Crippen molar-refractivity contribution in [3.8, 4) is 0 Å². The lowest BCUT2D eigenvalue weighted by Crippen LogP contribution is -2.59. The minimum Gasteiger partial charge on any atom is -0.378 e. The summed E-state index contributed by atoms with van der Waals surface area (Å²) >= 11 is 0. The maximum atomic E-state index is 6.38. The van der Waals surface area contributed by atoms with Crippen molar-refractivity contribution in [1.82, 2.24) is 15.5 Å². The summed E-state index contributed by atoms with van der Waals surface area (Å²) in [6.45, 7) is 11.0. The zero-order valence-electron chi connectivity index (χ0n) is 27.1. The molecule has 0 aliphatic carbocycles. The molecule has 0 saturated carbocycles. The molecule has 5 atom stereocenters. The second-order valence-electron chi connectivity index (χ2n) is 12.1. The van der Waals surface area contributed by atoms with Crippen LogP contribution in [-0.4, -0.2) is 84.1 Å². The van der Waals surface area contributed by atoms with Gasteiger partial charge in [0.25, 0.3) is 0 Å². The van der Waals surface area contributed by atoms with Gasteiger partial charge in [-0.3, -0.25) is 15.5 Å². The Hall–Kier alpha value is -2.92. The highest BCUT2D eigenvalue weighted by molar-refractivity contribution is 5.26. The Labute approximate surface area is 275 Å². The number of rotatable bonds is 19. The molecule has 0 aromatic heterocycles. The molecule has 3 aromatic rings. The number of piperidine rings is 1. The molecule has 8 nitrogen and oxygen atoms in total. The lowest BCUT2D eigenvalue weighted by atomic mass is 9.75. The number of ether oxygens (including phenoxy) is 5. The summed E-state index contributed by atoms with van der Waals surface area (Å²) in [5.41, 5.74) is 3.83. The number of hydrogen-bond acceptors (Lipinski definition) is 8. The van der Waals surface area contributed by atoms with Crippen molar-refractivity contribution < 1.29 is 23.7 Å². The minimum absolute atomic E-state index is 0.00225. The zero-order valence-corrected chi connectivity index (χ0v) is 27.1. The van der Waals surface area contributed by atoms with E-state index in [1.807, 2.05) is 0 Å². The van der Waals surface area contributed by atoms with Gasteiger partial charge in [-0.2, -0.15) is 0 Å². The van der Waals surface area contributed by atoms with Crippen molar-refractivity contribution in [1.29, 1.82) is 0 Å². The number of fused-ring (bicyclic) bond motifs is 2. The second kappa shape index (κ2) is 19.0. The smallest absolute Gasteiger partial charge is 0.0880 e. The van der Waals surface area contributed by atoms with Crippen molar-refractivity contribution in [2.45, 2.75) is 31.2 Å². The third-order valence-corrected chi connectivity index (χ3v) is 8.77. The van der Waals surface area contributed by atoms with E-state index in [0.717, 1.165) is 25.9 Å². The fourth-order valence-electron chi connectivity index (χ4n) is 6.45. The van der Waals surface area contributed by atoms with Gasteiger partial charge < -0.3 is 23.7 Å².